The van der Waals surface area contributed by atoms with Crippen molar-refractivity contribution in [2.24, 2.45) is 0 Å². The highest BCUT2D eigenvalue weighted by atomic mass is 15.2. The maximum atomic E-state index is 2.44. The van der Waals surface area contributed by atoms with Gasteiger partial charge in [0.1, 0.15) is 0 Å². The molecule has 0 amide bonds. The van der Waals surface area contributed by atoms with E-state index in [1.165, 1.54) is 57.7 Å². The first-order valence-electron chi connectivity index (χ1n) is 10.5. The van der Waals surface area contributed by atoms with E-state index in [1.807, 2.05) is 0 Å². The quantitative estimate of drug-likeness (QED) is 0.454. The highest BCUT2D eigenvalue weighted by Gasteiger charge is 2.36. The van der Waals surface area contributed by atoms with Crippen LogP contribution in [0, 0.1) is 13.8 Å². The van der Waals surface area contributed by atoms with Gasteiger partial charge in [0.25, 0.3) is 0 Å². The molecule has 1 aliphatic rings. The lowest BCUT2D eigenvalue weighted by Gasteiger charge is -2.42. The number of hydrogen-bond donors (Lipinski definition) is 0. The molecule has 0 N–H and O–H groups in total. The fourth-order valence-electron chi connectivity index (χ4n) is 4.44. The van der Waals surface area contributed by atoms with Crippen molar-refractivity contribution < 1.29 is 0 Å². The van der Waals surface area contributed by atoms with E-state index in [2.05, 4.69) is 100 Å². The first kappa shape index (κ1) is 18.8. The predicted octanol–water partition coefficient (Wildman–Crippen LogP) is 7.76. The van der Waals surface area contributed by atoms with Crippen molar-refractivity contribution in [3.05, 3.63) is 88.5 Å². The molecule has 1 nitrogen and oxygen atoms in total. The van der Waals surface area contributed by atoms with Crippen molar-refractivity contribution in [3.63, 3.8) is 0 Å². The standard InChI is InChI=1S/C27H31N/c1-6-7-8-21-11-13-22(14-12-21)28-25-15-9-19(2)17-23(25)27(4,5)24-18-20(3)10-16-26(24)28/h9-18H,6-8H2,1-5H3. The minimum absolute atomic E-state index is 0.0136. The Balaban J connectivity index is 1.88. The maximum Gasteiger partial charge on any atom is 0.0502 e. The SMILES string of the molecule is CCCCc1ccc(N2c3ccc(C)cc3C(C)(C)c3cc(C)ccc32)cc1. The molecule has 1 heterocycles. The molecule has 1 aliphatic heterocycles. The second kappa shape index (κ2) is 7.13. The first-order chi connectivity index (χ1) is 13.4. The zero-order valence-electron chi connectivity index (χ0n) is 17.8. The van der Waals surface area contributed by atoms with E-state index in [9.17, 15) is 0 Å². The van der Waals surface area contributed by atoms with E-state index in [-0.39, 0.29) is 5.41 Å². The van der Waals surface area contributed by atoms with E-state index in [4.69, 9.17) is 0 Å². The molecule has 1 heteroatoms. The summed E-state index contributed by atoms with van der Waals surface area (Å²) in [6.07, 6.45) is 3.65. The van der Waals surface area contributed by atoms with Crippen LogP contribution in [0.15, 0.2) is 60.7 Å². The van der Waals surface area contributed by atoms with Crippen molar-refractivity contribution in [3.8, 4) is 0 Å². The maximum absolute atomic E-state index is 2.44. The third-order valence-corrected chi connectivity index (χ3v) is 6.15. The van der Waals surface area contributed by atoms with Crippen LogP contribution in [0.3, 0.4) is 0 Å². The third kappa shape index (κ3) is 3.13. The van der Waals surface area contributed by atoms with Crippen LogP contribution in [-0.4, -0.2) is 0 Å². The van der Waals surface area contributed by atoms with Crippen LogP contribution < -0.4 is 4.90 Å². The van der Waals surface area contributed by atoms with E-state index >= 15 is 0 Å². The summed E-state index contributed by atoms with van der Waals surface area (Å²) in [5.74, 6) is 0. The zero-order valence-corrected chi connectivity index (χ0v) is 17.8. The molecule has 3 aromatic carbocycles. The Bertz CT molecular complexity index is 940. The van der Waals surface area contributed by atoms with E-state index in [1.54, 1.807) is 0 Å². The lowest BCUT2D eigenvalue weighted by molar-refractivity contribution is 0.630. The van der Waals surface area contributed by atoms with Gasteiger partial charge in [0.05, 0.1) is 11.4 Å². The third-order valence-electron chi connectivity index (χ3n) is 6.15. The minimum Gasteiger partial charge on any atom is -0.310 e. The molecular formula is C27H31N. The molecule has 0 atom stereocenters. The summed E-state index contributed by atoms with van der Waals surface area (Å²) in [7, 11) is 0. The molecule has 3 aromatic rings. The van der Waals surface area contributed by atoms with Crippen LogP contribution >= 0.6 is 0 Å². The van der Waals surface area contributed by atoms with Crippen LogP contribution in [-0.2, 0) is 11.8 Å². The Morgan fingerprint density at radius 3 is 1.79 bits per heavy atom. The van der Waals surface area contributed by atoms with Crippen molar-refractivity contribution in [1.29, 1.82) is 0 Å². The Labute approximate surface area is 170 Å². The molecule has 0 saturated heterocycles. The largest absolute Gasteiger partial charge is 0.310 e. The lowest BCUT2D eigenvalue weighted by atomic mass is 9.72. The molecule has 0 radical (unpaired) electrons. The molecule has 144 valence electrons. The van der Waals surface area contributed by atoms with Gasteiger partial charge < -0.3 is 4.90 Å². The fourth-order valence-corrected chi connectivity index (χ4v) is 4.44. The van der Waals surface area contributed by atoms with Gasteiger partial charge in [0, 0.05) is 11.1 Å². The van der Waals surface area contributed by atoms with Gasteiger partial charge in [-0.25, -0.2) is 0 Å². The molecule has 0 aliphatic carbocycles. The van der Waals surface area contributed by atoms with Crippen LogP contribution in [0.2, 0.25) is 0 Å². The topological polar surface area (TPSA) is 3.24 Å². The monoisotopic (exact) mass is 369 g/mol. The summed E-state index contributed by atoms with van der Waals surface area (Å²) in [6.45, 7) is 11.3. The summed E-state index contributed by atoms with van der Waals surface area (Å²) in [5, 5.41) is 0. The Kier molecular flexibility index (Phi) is 4.79. The lowest BCUT2D eigenvalue weighted by Crippen LogP contribution is -2.30. The van der Waals surface area contributed by atoms with Crippen molar-refractivity contribution in [1.82, 2.24) is 0 Å². The van der Waals surface area contributed by atoms with Gasteiger partial charge in [0.2, 0.25) is 0 Å². The summed E-state index contributed by atoms with van der Waals surface area (Å²) in [5.41, 5.74) is 10.7. The smallest absolute Gasteiger partial charge is 0.0502 e. The predicted molar refractivity (Wildman–Crippen MR) is 121 cm³/mol. The average molecular weight is 370 g/mol. The average Bonchev–Trinajstić information content (AvgIpc) is 2.68. The van der Waals surface area contributed by atoms with Gasteiger partial charge in [0.15, 0.2) is 0 Å². The van der Waals surface area contributed by atoms with Crippen LogP contribution in [0.4, 0.5) is 17.1 Å². The minimum atomic E-state index is -0.0136. The van der Waals surface area contributed by atoms with Crippen LogP contribution in [0.1, 0.15) is 61.4 Å². The molecule has 0 aromatic heterocycles. The van der Waals surface area contributed by atoms with Crippen molar-refractivity contribution in [2.45, 2.75) is 59.3 Å². The Hall–Kier alpha value is -2.54. The van der Waals surface area contributed by atoms with Gasteiger partial charge in [-0.2, -0.15) is 0 Å². The molecule has 0 fully saturated rings. The Morgan fingerprint density at radius 1 is 0.750 bits per heavy atom. The Morgan fingerprint density at radius 2 is 1.29 bits per heavy atom. The number of rotatable bonds is 4. The second-order valence-corrected chi connectivity index (χ2v) is 8.77. The molecule has 0 saturated carbocycles. The van der Waals surface area contributed by atoms with Crippen LogP contribution in [0.25, 0.3) is 0 Å². The molecule has 0 spiro atoms. The molecule has 28 heavy (non-hydrogen) atoms. The number of hydrogen-bond acceptors (Lipinski definition) is 1. The second-order valence-electron chi connectivity index (χ2n) is 8.77. The van der Waals surface area contributed by atoms with E-state index in [0.29, 0.717) is 0 Å². The van der Waals surface area contributed by atoms with E-state index < -0.39 is 0 Å². The number of aryl methyl sites for hydroxylation is 3. The highest BCUT2D eigenvalue weighted by Crippen LogP contribution is 2.52. The van der Waals surface area contributed by atoms with Crippen LogP contribution in [0.5, 0.6) is 0 Å². The van der Waals surface area contributed by atoms with Gasteiger partial charge in [-0.3, -0.25) is 0 Å². The summed E-state index contributed by atoms with van der Waals surface area (Å²) in [6, 6.07) is 23.0. The van der Waals surface area contributed by atoms with Gasteiger partial charge in [-0.15, -0.1) is 0 Å². The highest BCUT2D eigenvalue weighted by molar-refractivity contribution is 5.86. The van der Waals surface area contributed by atoms with Gasteiger partial charge in [-0.05, 0) is 67.6 Å². The number of fused-ring (bicyclic) bond motifs is 2. The summed E-state index contributed by atoms with van der Waals surface area (Å²) < 4.78 is 0. The number of benzene rings is 3. The normalized spacial score (nSPS) is 14.5. The summed E-state index contributed by atoms with van der Waals surface area (Å²) in [4.78, 5) is 2.44. The van der Waals surface area contributed by atoms with Gasteiger partial charge >= 0.3 is 0 Å². The molecule has 0 unspecified atom stereocenters. The molecule has 4 rings (SSSR count). The molecule has 0 bridgehead atoms. The number of anilines is 3. The van der Waals surface area contributed by atoms with Crippen molar-refractivity contribution >= 4 is 17.1 Å². The number of nitrogens with zero attached hydrogens (tertiary/aromatic N) is 1. The van der Waals surface area contributed by atoms with E-state index in [0.717, 1.165) is 6.42 Å². The summed E-state index contributed by atoms with van der Waals surface area (Å²) >= 11 is 0. The molecular weight excluding hydrogens is 338 g/mol. The zero-order chi connectivity index (χ0) is 19.9. The first-order valence-corrected chi connectivity index (χ1v) is 10.5. The van der Waals surface area contributed by atoms with Gasteiger partial charge in [-0.1, -0.05) is 74.7 Å². The number of unbranched alkanes of at least 4 members (excludes halogenated alkanes) is 1. The fraction of sp³-hybridized carbons (Fsp3) is 0.333. The van der Waals surface area contributed by atoms with Crippen molar-refractivity contribution in [2.75, 3.05) is 4.90 Å².